The van der Waals surface area contributed by atoms with E-state index in [-0.39, 0.29) is 132 Å². The minimum absolute atomic E-state index is 0. The number of carbonyl (C=O) groups excluding carboxylic acids is 3. The van der Waals surface area contributed by atoms with Gasteiger partial charge in [0.15, 0.2) is 29.9 Å². The number of halogens is 5. The molecule has 1 aliphatic heterocycles. The number of aliphatic hydroxyl groups is 3. The second kappa shape index (κ2) is 60.8. The third-order valence-corrected chi connectivity index (χ3v) is 15.8. The Morgan fingerprint density at radius 2 is 0.954 bits per heavy atom. The topological polar surface area (TPSA) is 324 Å². The number of aldehydes is 2. The number of ketones is 1. The number of hydrogen-bond acceptors (Lipinski definition) is 24. The third kappa shape index (κ3) is 36.7. The maximum absolute atomic E-state index is 12.2. The number of Topliss-reactive ketones (excluding diaryl/α,β-unsaturated/α-hetero) is 1. The summed E-state index contributed by atoms with van der Waals surface area (Å²) < 4.78 is 57.8. The largest absolute Gasteiger partial charge is 2.00 e. The van der Waals surface area contributed by atoms with E-state index in [1.807, 2.05) is 189 Å². The van der Waals surface area contributed by atoms with Crippen molar-refractivity contribution in [2.24, 2.45) is 0 Å². The van der Waals surface area contributed by atoms with Gasteiger partial charge < -0.3 is 86.0 Å². The van der Waals surface area contributed by atoms with Gasteiger partial charge in [-0.1, -0.05) is 207 Å². The van der Waals surface area contributed by atoms with Crippen LogP contribution in [0.1, 0.15) is 92.3 Å². The van der Waals surface area contributed by atoms with Crippen LogP contribution in [0.2, 0.25) is 0 Å². The van der Waals surface area contributed by atoms with Gasteiger partial charge in [-0.15, -0.1) is 6.58 Å². The Bertz CT molecular complexity index is 4130. The smallest absolute Gasteiger partial charge is 1.00 e. The minimum atomic E-state index is -0.902. The fourth-order valence-electron chi connectivity index (χ4n) is 8.26. The molecule has 0 unspecified atom stereocenters. The zero-order chi connectivity index (χ0) is 75.7. The molecule has 6 heterocycles. The predicted octanol–water partition coefficient (Wildman–Crippen LogP) is 9.40. The van der Waals surface area contributed by atoms with Crippen LogP contribution < -0.4 is 77.2 Å². The zero-order valence-corrected chi connectivity index (χ0v) is 72.2. The van der Waals surface area contributed by atoms with Crippen LogP contribution in [0.3, 0.4) is 0 Å². The van der Waals surface area contributed by atoms with E-state index in [0.29, 0.717) is 81.9 Å². The normalized spacial score (nSPS) is 11.4. The summed E-state index contributed by atoms with van der Waals surface area (Å²) in [6.45, 7) is 24.3. The molecule has 6 aromatic carbocycles. The van der Waals surface area contributed by atoms with Crippen molar-refractivity contribution in [3.8, 4) is 29.4 Å². The molecule has 1 saturated heterocycles. The molecule has 0 saturated carbocycles. The van der Waals surface area contributed by atoms with Crippen molar-refractivity contribution in [2.45, 2.75) is 71.4 Å². The molecular weight excluding hydrogens is 1780 g/mol. The van der Waals surface area contributed by atoms with Crippen LogP contribution in [0.5, 0.6) is 29.4 Å². The van der Waals surface area contributed by atoms with Crippen molar-refractivity contribution >= 4 is 103 Å². The van der Waals surface area contributed by atoms with Crippen molar-refractivity contribution in [3.05, 3.63) is 309 Å². The first-order valence-electron chi connectivity index (χ1n) is 31.0. The van der Waals surface area contributed by atoms with E-state index >= 15 is 0 Å². The van der Waals surface area contributed by atoms with Crippen molar-refractivity contribution in [1.29, 1.82) is 0 Å². The molecule has 0 amide bonds. The first-order valence-corrected chi connectivity index (χ1v) is 37.1. The summed E-state index contributed by atoms with van der Waals surface area (Å²) in [5, 5.41) is 57.7. The van der Waals surface area contributed by atoms with Crippen LogP contribution in [0.15, 0.2) is 256 Å². The SMILES string of the molecule is BrBr.C=C[C@@H](O)c1onc(OCc2ccccc2)c1Br.C[C@H]([C@@H]([O-])c1ccccc1)N1CCOCC1.O=CC(=O)c1cc(OCc2ccccc2)no1.O=Cc1onc(OCc2ccccc2)c1Br.OCc1cc(OCc2ccccc2)no1.OCc1onc(OCc2ccccc2)c1Br.[B].[CH-]=C.[CH-]=C.[H-].[Li+].[Na+].[Zn+2]. The molecular formula is C75H75BBr5LiN6NaO18Zn. The van der Waals surface area contributed by atoms with E-state index in [9.17, 15) is 24.6 Å². The number of aliphatic hydroxyl groups excluding tert-OH is 3. The summed E-state index contributed by atoms with van der Waals surface area (Å²) >= 11 is 15.2. The molecule has 0 bridgehead atoms. The summed E-state index contributed by atoms with van der Waals surface area (Å²) in [5.74, 6) is 1.82. The molecule has 0 aliphatic carbocycles. The fraction of sp³-hybridized carbons (Fsp3) is 0.200. The Morgan fingerprint density at radius 1 is 0.574 bits per heavy atom. The maximum atomic E-state index is 12.2. The molecule has 12 rings (SSSR count). The van der Waals surface area contributed by atoms with Gasteiger partial charge in [-0.2, -0.15) is 0 Å². The number of rotatable bonds is 25. The van der Waals surface area contributed by atoms with Crippen LogP contribution in [-0.2, 0) is 75.3 Å². The minimum Gasteiger partial charge on any atom is -1.00 e. The first-order chi connectivity index (χ1) is 50.8. The van der Waals surface area contributed by atoms with Crippen molar-refractivity contribution in [1.82, 2.24) is 30.7 Å². The summed E-state index contributed by atoms with van der Waals surface area (Å²) in [7, 11) is 0. The third-order valence-electron chi connectivity index (χ3n) is 13.5. The molecule has 3 radical (unpaired) electrons. The van der Waals surface area contributed by atoms with E-state index in [1.165, 1.54) is 12.1 Å². The van der Waals surface area contributed by atoms with Gasteiger partial charge in [-0.25, -0.2) is 0 Å². The molecule has 11 aromatic rings. The predicted molar refractivity (Wildman–Crippen MR) is 408 cm³/mol. The van der Waals surface area contributed by atoms with E-state index in [0.717, 1.165) is 59.7 Å². The Labute approximate surface area is 717 Å². The number of aromatic nitrogens is 5. The van der Waals surface area contributed by atoms with E-state index in [2.05, 4.69) is 144 Å². The van der Waals surface area contributed by atoms with Gasteiger partial charge in [0.05, 0.1) is 19.3 Å². The Hall–Kier alpha value is -6.95. The summed E-state index contributed by atoms with van der Waals surface area (Å²) in [4.78, 5) is 33.9. The van der Waals surface area contributed by atoms with Crippen LogP contribution >= 0.6 is 76.0 Å². The number of benzene rings is 6. The Morgan fingerprint density at radius 3 is 1.33 bits per heavy atom. The van der Waals surface area contributed by atoms with E-state index in [1.54, 1.807) is 6.07 Å². The Balaban J connectivity index is 0. The van der Waals surface area contributed by atoms with Crippen LogP contribution in [0.25, 0.3) is 0 Å². The standard InChI is InChI=1S/C13H12BrNO3.C13H18NO2.C12H9NO4.C11H10BrNO3.C11H8BrNO3.C11H11NO3.2C2H3.B.Br2.Li.Na.Zn.H/c1-2-10(16)12-11(14)13(15-18-12)17-8-9-6-4-3-5-7-9;1-11(14-7-9-16-10-8-14)13(15)12-5-3-2-4-6-12;14-7-10(15)11-6-12(13-17-11)16-8-9-4-2-1-3-5-9;2*12-10-9(6-14)16-13-11(10)15-7-8-4-2-1-3-5-8;13-7-10-6-11(12-15-10)14-8-9-4-2-1-3-5-9;2*1-2;;1-2;;;;/h2-7,10,16H,1,8H2;2-6,11,13H,7-10H2,1H3;1-7H,8H2;1-5,14H,6-7H2;1-6H,7H2;1-6,13H,7-8H2;2*1H,2H2;;;;;;/q;-1;;;;;2*-1;;;2*+1;+2;-1/t10-;11-,13-;;;;;;;;;;;;/m11............/s1. The fourth-order valence-corrected chi connectivity index (χ4v) is 9.49. The van der Waals surface area contributed by atoms with Crippen molar-refractivity contribution in [3.63, 3.8) is 0 Å². The van der Waals surface area contributed by atoms with Crippen LogP contribution in [0.4, 0.5) is 0 Å². The molecule has 3 N–H and O–H groups in total. The molecule has 1 fully saturated rings. The van der Waals surface area contributed by atoms with Gasteiger partial charge in [0.25, 0.3) is 35.2 Å². The van der Waals surface area contributed by atoms with Gasteiger partial charge in [0.2, 0.25) is 11.5 Å². The molecule has 1 aliphatic rings. The second-order valence-electron chi connectivity index (χ2n) is 20.4. The number of hydrogen-bond donors (Lipinski definition) is 3. The first kappa shape index (κ1) is 101. The summed E-state index contributed by atoms with van der Waals surface area (Å²) in [6.07, 6.45) is 0.528. The summed E-state index contributed by atoms with van der Waals surface area (Å²) in [5.41, 5.74) is 6.00. The molecule has 33 heteroatoms. The van der Waals surface area contributed by atoms with Gasteiger partial charge in [-0.05, 0) is 107 Å². The maximum Gasteiger partial charge on any atom is 2.00 e. The molecule has 24 nitrogen and oxygen atoms in total. The van der Waals surface area contributed by atoms with Gasteiger partial charge in [0, 0.05) is 55.8 Å². The summed E-state index contributed by atoms with van der Waals surface area (Å²) in [6, 6.07) is 60.9. The number of nitrogens with zero attached hydrogens (tertiary/aromatic N) is 6. The van der Waals surface area contributed by atoms with Gasteiger partial charge >= 0.3 is 67.9 Å². The van der Waals surface area contributed by atoms with E-state index in [4.69, 9.17) is 56.7 Å². The number of morpholine rings is 1. The average Bonchev–Trinajstić information content (AvgIpc) is 1.64. The molecule has 3 atom stereocenters. The molecule has 108 heavy (non-hydrogen) atoms. The molecule has 5 aromatic heterocycles. The Kier molecular flexibility index (Phi) is 56.9. The number of ether oxygens (including phenoxy) is 6. The van der Waals surface area contributed by atoms with Crippen molar-refractivity contribution in [2.75, 3.05) is 26.3 Å². The quantitative estimate of drug-likeness (QED) is 0.0120. The second-order valence-corrected chi connectivity index (χ2v) is 22.8. The molecule has 0 spiro atoms. The van der Waals surface area contributed by atoms with Crippen LogP contribution in [0, 0.1) is 13.2 Å². The average molecular weight is 1850 g/mol. The molecule has 555 valence electrons. The van der Waals surface area contributed by atoms with Crippen molar-refractivity contribution < 1.29 is 155 Å². The van der Waals surface area contributed by atoms with Gasteiger partial charge in [-0.3, -0.25) is 32.4 Å². The van der Waals surface area contributed by atoms with Gasteiger partial charge in [0.1, 0.15) is 65.8 Å². The monoisotopic (exact) mass is 1850 g/mol. The van der Waals surface area contributed by atoms with Crippen LogP contribution in [-0.4, -0.2) is 105 Å². The number of carbonyl (C=O) groups is 3. The van der Waals surface area contributed by atoms with E-state index < -0.39 is 18.0 Å². The zero-order valence-electron chi connectivity index (χ0n) is 60.3.